The van der Waals surface area contributed by atoms with Gasteiger partial charge in [-0.3, -0.25) is 14.9 Å². The molecular weight excluding hydrogens is 470 g/mol. The summed E-state index contributed by atoms with van der Waals surface area (Å²) < 4.78 is 33.8. The fourth-order valence-corrected chi connectivity index (χ4v) is 5.53. The van der Waals surface area contributed by atoms with Crippen molar-refractivity contribution < 1.29 is 22.9 Å². The molecule has 9 nitrogen and oxygen atoms in total. The van der Waals surface area contributed by atoms with Crippen LogP contribution < -0.4 is 10.1 Å². The molecule has 0 bridgehead atoms. The average molecular weight is 496 g/mol. The Bertz CT molecular complexity index is 1350. The minimum Gasteiger partial charge on any atom is -0.455 e. The summed E-state index contributed by atoms with van der Waals surface area (Å²) in [5, 5.41) is 14.0. The highest BCUT2D eigenvalue weighted by atomic mass is 32.2. The number of carbonyl (C=O) groups excluding carboxylic acids is 1. The molecule has 182 valence electrons. The Kier molecular flexibility index (Phi) is 7.13. The van der Waals surface area contributed by atoms with Crippen LogP contribution in [-0.2, 0) is 10.0 Å². The lowest BCUT2D eigenvalue weighted by Gasteiger charge is -2.26. The summed E-state index contributed by atoms with van der Waals surface area (Å²) in [4.78, 5) is 23.9. The van der Waals surface area contributed by atoms with E-state index in [1.54, 1.807) is 24.3 Å². The molecule has 10 heteroatoms. The van der Waals surface area contributed by atoms with Gasteiger partial charge < -0.3 is 10.1 Å². The van der Waals surface area contributed by atoms with Crippen LogP contribution in [0.4, 0.5) is 11.4 Å². The van der Waals surface area contributed by atoms with Gasteiger partial charge in [-0.2, -0.15) is 4.31 Å². The molecule has 1 heterocycles. The van der Waals surface area contributed by atoms with Crippen LogP contribution in [0.5, 0.6) is 11.5 Å². The predicted molar refractivity (Wildman–Crippen MR) is 131 cm³/mol. The lowest BCUT2D eigenvalue weighted by Crippen LogP contribution is -2.35. The molecule has 0 saturated carbocycles. The summed E-state index contributed by atoms with van der Waals surface area (Å²) in [6.07, 6.45) is 2.58. The number of piperidine rings is 1. The van der Waals surface area contributed by atoms with E-state index >= 15 is 0 Å². The van der Waals surface area contributed by atoms with E-state index in [0.717, 1.165) is 19.3 Å². The molecule has 0 aromatic heterocycles. The number of nitrogens with zero attached hydrogens (tertiary/aromatic N) is 2. The van der Waals surface area contributed by atoms with E-state index in [1.807, 2.05) is 6.07 Å². The summed E-state index contributed by atoms with van der Waals surface area (Å²) in [6, 6.07) is 17.4. The van der Waals surface area contributed by atoms with Crippen molar-refractivity contribution in [2.45, 2.75) is 31.1 Å². The fourth-order valence-electron chi connectivity index (χ4n) is 3.98. The Labute approximate surface area is 203 Å². The van der Waals surface area contributed by atoms with Crippen molar-refractivity contribution >= 4 is 27.3 Å². The number of sulfonamides is 1. The standard InChI is InChI=1S/C25H25N3O6S/c1-18-21(11-8-12-23(18)28(30)31)25(29)26-22-17-20(35(32,33)27-15-6-3-7-16-27)13-14-24(22)34-19-9-4-2-5-10-19/h2,4-5,8-14,17H,3,6-7,15-16H2,1H3,(H,26,29). The van der Waals surface area contributed by atoms with Gasteiger partial charge in [0.1, 0.15) is 5.75 Å². The van der Waals surface area contributed by atoms with Crippen LogP contribution >= 0.6 is 0 Å². The number of para-hydroxylation sites is 1. The van der Waals surface area contributed by atoms with Crippen LogP contribution in [0.25, 0.3) is 0 Å². The number of nitro groups is 1. The Morgan fingerprint density at radius 1 is 1.00 bits per heavy atom. The van der Waals surface area contributed by atoms with Gasteiger partial charge >= 0.3 is 0 Å². The minimum absolute atomic E-state index is 0.0332. The second kappa shape index (κ2) is 10.2. The topological polar surface area (TPSA) is 119 Å². The lowest BCUT2D eigenvalue weighted by molar-refractivity contribution is -0.385. The lowest BCUT2D eigenvalue weighted by atomic mass is 10.1. The van der Waals surface area contributed by atoms with E-state index in [4.69, 9.17) is 4.74 Å². The molecule has 0 unspecified atom stereocenters. The van der Waals surface area contributed by atoms with Crippen LogP contribution in [0.2, 0.25) is 0 Å². The maximum absolute atomic E-state index is 13.2. The molecule has 0 spiro atoms. The highest BCUT2D eigenvalue weighted by Gasteiger charge is 2.27. The first-order chi connectivity index (χ1) is 16.8. The minimum atomic E-state index is -3.76. The Hall–Kier alpha value is -3.76. The van der Waals surface area contributed by atoms with Crippen molar-refractivity contribution in [3.8, 4) is 11.5 Å². The molecule has 0 radical (unpaired) electrons. The van der Waals surface area contributed by atoms with E-state index < -0.39 is 20.9 Å². The van der Waals surface area contributed by atoms with E-state index in [2.05, 4.69) is 5.32 Å². The van der Waals surface area contributed by atoms with Gasteiger partial charge in [-0.1, -0.05) is 30.7 Å². The van der Waals surface area contributed by atoms with Crippen molar-refractivity contribution in [1.29, 1.82) is 0 Å². The number of nitro benzene ring substituents is 1. The van der Waals surface area contributed by atoms with Gasteiger partial charge in [0.15, 0.2) is 5.75 Å². The fraction of sp³-hybridized carbons (Fsp3) is 0.240. The molecular formula is C25H25N3O6S. The van der Waals surface area contributed by atoms with Crippen molar-refractivity contribution in [2.24, 2.45) is 0 Å². The molecule has 35 heavy (non-hydrogen) atoms. The van der Waals surface area contributed by atoms with Crippen LogP contribution in [0.15, 0.2) is 71.6 Å². The second-order valence-electron chi connectivity index (χ2n) is 8.20. The Balaban J connectivity index is 1.72. The van der Waals surface area contributed by atoms with Crippen LogP contribution in [0.1, 0.15) is 35.2 Å². The SMILES string of the molecule is Cc1c(C(=O)Nc2cc(S(=O)(=O)N3CCCCC3)ccc2Oc2ccccc2)cccc1[N+](=O)[O-]. The molecule has 0 aliphatic carbocycles. The smallest absolute Gasteiger partial charge is 0.273 e. The zero-order valence-electron chi connectivity index (χ0n) is 19.1. The molecule has 1 aliphatic rings. The summed E-state index contributed by atoms with van der Waals surface area (Å²) in [6.45, 7) is 2.38. The second-order valence-corrected chi connectivity index (χ2v) is 10.1. The number of amides is 1. The van der Waals surface area contributed by atoms with Crippen LogP contribution in [0, 0.1) is 17.0 Å². The number of carbonyl (C=O) groups is 1. The number of benzene rings is 3. The first-order valence-electron chi connectivity index (χ1n) is 11.2. The highest BCUT2D eigenvalue weighted by Crippen LogP contribution is 2.34. The zero-order chi connectivity index (χ0) is 25.0. The van der Waals surface area contributed by atoms with Crippen molar-refractivity contribution in [3.05, 3.63) is 88.0 Å². The van der Waals surface area contributed by atoms with E-state index in [1.165, 1.54) is 47.6 Å². The molecule has 1 fully saturated rings. The quantitative estimate of drug-likeness (QED) is 0.359. The van der Waals surface area contributed by atoms with Crippen LogP contribution in [0.3, 0.4) is 0 Å². The van der Waals surface area contributed by atoms with Gasteiger partial charge in [-0.05, 0) is 56.2 Å². The van der Waals surface area contributed by atoms with Gasteiger partial charge in [0.2, 0.25) is 10.0 Å². The predicted octanol–water partition coefficient (Wildman–Crippen LogP) is 5.12. The van der Waals surface area contributed by atoms with E-state index in [0.29, 0.717) is 18.8 Å². The molecule has 1 amide bonds. The van der Waals surface area contributed by atoms with Gasteiger partial charge in [0.05, 0.1) is 15.5 Å². The third-order valence-electron chi connectivity index (χ3n) is 5.87. The third-order valence-corrected chi connectivity index (χ3v) is 7.76. The molecule has 1 saturated heterocycles. The number of nitrogens with one attached hydrogen (secondary N) is 1. The number of anilines is 1. The Morgan fingerprint density at radius 2 is 1.71 bits per heavy atom. The van der Waals surface area contributed by atoms with Gasteiger partial charge in [0.25, 0.3) is 11.6 Å². The third kappa shape index (κ3) is 5.33. The number of hydrogen-bond donors (Lipinski definition) is 1. The van der Waals surface area contributed by atoms with Gasteiger partial charge in [-0.25, -0.2) is 8.42 Å². The largest absolute Gasteiger partial charge is 0.455 e. The number of ether oxygens (including phenoxy) is 1. The average Bonchev–Trinajstić information content (AvgIpc) is 2.86. The maximum atomic E-state index is 13.2. The number of hydrogen-bond acceptors (Lipinski definition) is 6. The van der Waals surface area contributed by atoms with Crippen molar-refractivity contribution in [2.75, 3.05) is 18.4 Å². The summed E-state index contributed by atoms with van der Waals surface area (Å²) in [5.74, 6) is 0.128. The highest BCUT2D eigenvalue weighted by molar-refractivity contribution is 7.89. The molecule has 3 aromatic rings. The molecule has 1 aliphatic heterocycles. The summed E-state index contributed by atoms with van der Waals surface area (Å²) in [7, 11) is -3.76. The first-order valence-corrected chi connectivity index (χ1v) is 12.6. The van der Waals surface area contributed by atoms with Gasteiger partial charge in [0, 0.05) is 30.3 Å². The monoisotopic (exact) mass is 495 g/mol. The normalized spacial score (nSPS) is 14.3. The molecule has 3 aromatic carbocycles. The summed E-state index contributed by atoms with van der Waals surface area (Å²) >= 11 is 0. The van der Waals surface area contributed by atoms with Gasteiger partial charge in [-0.15, -0.1) is 0 Å². The zero-order valence-corrected chi connectivity index (χ0v) is 20.0. The van der Waals surface area contributed by atoms with E-state index in [9.17, 15) is 23.3 Å². The molecule has 0 atom stereocenters. The van der Waals surface area contributed by atoms with E-state index in [-0.39, 0.29) is 33.1 Å². The summed E-state index contributed by atoms with van der Waals surface area (Å²) in [5.41, 5.74) is 0.273. The number of rotatable bonds is 7. The maximum Gasteiger partial charge on any atom is 0.273 e. The van der Waals surface area contributed by atoms with Crippen LogP contribution in [-0.4, -0.2) is 36.6 Å². The van der Waals surface area contributed by atoms with Crippen molar-refractivity contribution in [1.82, 2.24) is 4.31 Å². The first kappa shape index (κ1) is 24.4. The Morgan fingerprint density at radius 3 is 2.40 bits per heavy atom. The van der Waals surface area contributed by atoms with Crippen molar-refractivity contribution in [3.63, 3.8) is 0 Å². The molecule has 1 N–H and O–H groups in total. The molecule has 4 rings (SSSR count).